The van der Waals surface area contributed by atoms with Crippen molar-refractivity contribution in [1.82, 2.24) is 0 Å². The van der Waals surface area contributed by atoms with Crippen LogP contribution in [-0.4, -0.2) is 17.6 Å². The van der Waals surface area contributed by atoms with Gasteiger partial charge in [-0.15, -0.1) is 0 Å². The molecule has 0 saturated carbocycles. The number of carboxylic acid groups (broad SMARTS) is 1. The summed E-state index contributed by atoms with van der Waals surface area (Å²) in [6, 6.07) is 14.0. The van der Waals surface area contributed by atoms with Crippen molar-refractivity contribution >= 4 is 23.3 Å². The minimum atomic E-state index is -0.854. The van der Waals surface area contributed by atoms with E-state index in [9.17, 15) is 9.18 Å². The lowest BCUT2D eigenvalue weighted by molar-refractivity contribution is -0.136. The Bertz CT molecular complexity index is 619. The molecule has 0 radical (unpaired) electrons. The van der Waals surface area contributed by atoms with Crippen LogP contribution >= 0.6 is 11.6 Å². The predicted octanol–water partition coefficient (Wildman–Crippen LogP) is 3.96. The highest BCUT2D eigenvalue weighted by Gasteiger charge is 2.10. The Labute approximate surface area is 127 Å². The summed E-state index contributed by atoms with van der Waals surface area (Å²) >= 11 is 5.78. The zero-order valence-corrected chi connectivity index (χ0v) is 12.1. The van der Waals surface area contributed by atoms with Crippen molar-refractivity contribution in [1.29, 1.82) is 0 Å². The maximum Gasteiger partial charge on any atom is 0.305 e. The van der Waals surface area contributed by atoms with Gasteiger partial charge in [0.05, 0.1) is 11.4 Å². The van der Waals surface area contributed by atoms with Crippen LogP contribution in [0.3, 0.4) is 0 Å². The first kappa shape index (κ1) is 15.3. The fraction of sp³-hybridized carbons (Fsp3) is 0.188. The molecule has 0 atom stereocenters. The van der Waals surface area contributed by atoms with Crippen molar-refractivity contribution in [3.63, 3.8) is 0 Å². The Morgan fingerprint density at radius 2 is 1.90 bits per heavy atom. The van der Waals surface area contributed by atoms with E-state index in [4.69, 9.17) is 16.7 Å². The van der Waals surface area contributed by atoms with Crippen LogP contribution in [0.1, 0.15) is 12.0 Å². The maximum absolute atomic E-state index is 13.2. The van der Waals surface area contributed by atoms with Crippen molar-refractivity contribution in [2.75, 3.05) is 11.4 Å². The third kappa shape index (κ3) is 4.46. The monoisotopic (exact) mass is 307 g/mol. The summed E-state index contributed by atoms with van der Waals surface area (Å²) in [6.45, 7) is 0.839. The second kappa shape index (κ2) is 7.09. The zero-order chi connectivity index (χ0) is 15.2. The number of nitrogens with zero attached hydrogens (tertiary/aromatic N) is 1. The molecule has 0 fully saturated rings. The number of hydrogen-bond donors (Lipinski definition) is 1. The van der Waals surface area contributed by atoms with Crippen LogP contribution in [0.2, 0.25) is 5.02 Å². The average Bonchev–Trinajstić information content (AvgIpc) is 2.48. The fourth-order valence-electron chi connectivity index (χ4n) is 2.03. The average molecular weight is 308 g/mol. The normalized spacial score (nSPS) is 10.4. The number of aliphatic carboxylic acids is 1. The number of anilines is 1. The molecule has 3 nitrogen and oxygen atoms in total. The molecule has 0 saturated heterocycles. The van der Waals surface area contributed by atoms with Gasteiger partial charge in [-0.25, -0.2) is 4.39 Å². The van der Waals surface area contributed by atoms with Crippen molar-refractivity contribution < 1.29 is 14.3 Å². The Morgan fingerprint density at radius 1 is 1.19 bits per heavy atom. The Hall–Kier alpha value is -2.07. The lowest BCUT2D eigenvalue weighted by Crippen LogP contribution is -2.25. The molecule has 0 aliphatic rings. The molecule has 21 heavy (non-hydrogen) atoms. The van der Waals surface area contributed by atoms with Gasteiger partial charge in [0.2, 0.25) is 0 Å². The van der Waals surface area contributed by atoms with Gasteiger partial charge in [-0.05, 0) is 29.8 Å². The van der Waals surface area contributed by atoms with E-state index in [0.717, 1.165) is 11.3 Å². The molecule has 110 valence electrons. The Morgan fingerprint density at radius 3 is 2.52 bits per heavy atom. The largest absolute Gasteiger partial charge is 0.481 e. The number of hydrogen-bond acceptors (Lipinski definition) is 2. The fourth-order valence-corrected chi connectivity index (χ4v) is 2.23. The summed E-state index contributed by atoms with van der Waals surface area (Å²) in [4.78, 5) is 12.7. The number of rotatable bonds is 6. The number of carboxylic acids is 1. The van der Waals surface area contributed by atoms with Gasteiger partial charge in [-0.3, -0.25) is 4.79 Å². The minimum Gasteiger partial charge on any atom is -0.481 e. The van der Waals surface area contributed by atoms with Gasteiger partial charge in [-0.2, -0.15) is 0 Å². The zero-order valence-electron chi connectivity index (χ0n) is 11.3. The van der Waals surface area contributed by atoms with Crippen LogP contribution in [-0.2, 0) is 11.3 Å². The molecule has 2 rings (SSSR count). The molecular weight excluding hydrogens is 293 g/mol. The van der Waals surface area contributed by atoms with Gasteiger partial charge >= 0.3 is 5.97 Å². The molecular formula is C16H15ClFNO2. The molecule has 0 aliphatic heterocycles. The van der Waals surface area contributed by atoms with Crippen molar-refractivity contribution in [3.05, 3.63) is 64.9 Å². The molecule has 2 aromatic rings. The first-order valence-corrected chi connectivity index (χ1v) is 6.90. The molecule has 0 aromatic heterocycles. The molecule has 0 amide bonds. The number of para-hydroxylation sites is 1. The highest BCUT2D eigenvalue weighted by atomic mass is 35.5. The van der Waals surface area contributed by atoms with E-state index in [2.05, 4.69) is 0 Å². The van der Waals surface area contributed by atoms with Gasteiger partial charge in [0, 0.05) is 18.8 Å². The maximum atomic E-state index is 13.2. The molecule has 0 aliphatic carbocycles. The van der Waals surface area contributed by atoms with Crippen molar-refractivity contribution in [2.24, 2.45) is 0 Å². The third-order valence-electron chi connectivity index (χ3n) is 3.07. The first-order chi connectivity index (χ1) is 10.1. The van der Waals surface area contributed by atoms with Crippen molar-refractivity contribution in [2.45, 2.75) is 13.0 Å². The summed E-state index contributed by atoms with van der Waals surface area (Å²) in [5.41, 5.74) is 1.75. The molecule has 5 heteroatoms. The summed E-state index contributed by atoms with van der Waals surface area (Å²) in [7, 11) is 0. The number of benzene rings is 2. The van der Waals surface area contributed by atoms with Gasteiger partial charge < -0.3 is 10.0 Å². The SMILES string of the molecule is O=C(O)CCN(Cc1ccc(F)c(Cl)c1)c1ccccc1. The molecule has 2 aromatic carbocycles. The van der Waals surface area contributed by atoms with Crippen LogP contribution in [0.25, 0.3) is 0 Å². The van der Waals surface area contributed by atoms with Crippen LogP contribution in [0.4, 0.5) is 10.1 Å². The molecule has 0 unspecified atom stereocenters. The molecule has 0 bridgehead atoms. The summed E-state index contributed by atoms with van der Waals surface area (Å²) in [6.07, 6.45) is 0.0316. The second-order valence-corrected chi connectivity index (χ2v) is 5.06. The summed E-state index contributed by atoms with van der Waals surface area (Å²) < 4.78 is 13.2. The summed E-state index contributed by atoms with van der Waals surface area (Å²) in [5, 5.41) is 8.93. The van der Waals surface area contributed by atoms with E-state index < -0.39 is 11.8 Å². The lowest BCUT2D eigenvalue weighted by Gasteiger charge is -2.24. The summed E-state index contributed by atoms with van der Waals surface area (Å²) in [5.74, 6) is -1.31. The smallest absolute Gasteiger partial charge is 0.305 e. The van der Waals surface area contributed by atoms with E-state index in [1.807, 2.05) is 35.2 Å². The van der Waals surface area contributed by atoms with Crippen LogP contribution in [0, 0.1) is 5.82 Å². The van der Waals surface area contributed by atoms with Crippen molar-refractivity contribution in [3.8, 4) is 0 Å². The van der Waals surface area contributed by atoms with Crippen LogP contribution in [0.5, 0.6) is 0 Å². The standard InChI is InChI=1S/C16H15ClFNO2/c17-14-10-12(6-7-15(14)18)11-19(9-8-16(20)21)13-4-2-1-3-5-13/h1-7,10H,8-9,11H2,(H,20,21). The molecule has 1 N–H and O–H groups in total. The van der Waals surface area contributed by atoms with E-state index in [-0.39, 0.29) is 11.4 Å². The second-order valence-electron chi connectivity index (χ2n) is 4.65. The Kier molecular flexibility index (Phi) is 5.17. The lowest BCUT2D eigenvalue weighted by atomic mass is 10.2. The van der Waals surface area contributed by atoms with E-state index in [1.165, 1.54) is 6.07 Å². The Balaban J connectivity index is 2.18. The topological polar surface area (TPSA) is 40.5 Å². The third-order valence-corrected chi connectivity index (χ3v) is 3.36. The quantitative estimate of drug-likeness (QED) is 0.878. The molecule has 0 heterocycles. The van der Waals surface area contributed by atoms with Crippen LogP contribution in [0.15, 0.2) is 48.5 Å². The predicted molar refractivity (Wildman–Crippen MR) is 81.2 cm³/mol. The number of carbonyl (C=O) groups is 1. The minimum absolute atomic E-state index is 0.0316. The van der Waals surface area contributed by atoms with E-state index in [0.29, 0.717) is 13.1 Å². The number of halogens is 2. The highest BCUT2D eigenvalue weighted by molar-refractivity contribution is 6.30. The van der Waals surface area contributed by atoms with Gasteiger partial charge in [-0.1, -0.05) is 35.9 Å². The first-order valence-electron chi connectivity index (χ1n) is 6.52. The highest BCUT2D eigenvalue weighted by Crippen LogP contribution is 2.21. The van der Waals surface area contributed by atoms with Gasteiger partial charge in [0.25, 0.3) is 0 Å². The van der Waals surface area contributed by atoms with Gasteiger partial charge in [0.15, 0.2) is 0 Å². The van der Waals surface area contributed by atoms with Gasteiger partial charge in [0.1, 0.15) is 5.82 Å². The van der Waals surface area contributed by atoms with E-state index in [1.54, 1.807) is 12.1 Å². The molecule has 0 spiro atoms. The van der Waals surface area contributed by atoms with E-state index >= 15 is 0 Å². The van der Waals surface area contributed by atoms with Crippen LogP contribution < -0.4 is 4.90 Å².